The lowest BCUT2D eigenvalue weighted by atomic mass is 9.97. The zero-order valence-electron chi connectivity index (χ0n) is 15.3. The van der Waals surface area contributed by atoms with Gasteiger partial charge in [-0.1, -0.05) is 6.07 Å². The summed E-state index contributed by atoms with van der Waals surface area (Å²) in [6.07, 6.45) is 0.881. The molecular weight excluding hydrogens is 320 g/mol. The Balaban J connectivity index is 1.67. The van der Waals surface area contributed by atoms with Gasteiger partial charge in [0.1, 0.15) is 13.2 Å². The van der Waals surface area contributed by atoms with E-state index in [-0.39, 0.29) is 11.6 Å². The van der Waals surface area contributed by atoms with Gasteiger partial charge in [0.2, 0.25) is 0 Å². The van der Waals surface area contributed by atoms with Gasteiger partial charge in [-0.25, -0.2) is 4.79 Å². The smallest absolute Gasteiger partial charge is 0.407 e. The molecule has 1 saturated heterocycles. The summed E-state index contributed by atoms with van der Waals surface area (Å²) in [7, 11) is 0. The van der Waals surface area contributed by atoms with Gasteiger partial charge in [-0.05, 0) is 51.3 Å². The lowest BCUT2D eigenvalue weighted by molar-refractivity contribution is 0.0526. The fraction of sp³-hybridized carbons (Fsp3) is 0.632. The number of carbonyl (C=O) groups is 1. The molecule has 1 amide bonds. The van der Waals surface area contributed by atoms with Crippen molar-refractivity contribution in [2.24, 2.45) is 0 Å². The molecule has 0 saturated carbocycles. The van der Waals surface area contributed by atoms with Crippen LogP contribution in [0.3, 0.4) is 0 Å². The number of likely N-dealkylation sites (tertiary alicyclic amines) is 1. The van der Waals surface area contributed by atoms with Crippen molar-refractivity contribution in [3.05, 3.63) is 23.8 Å². The third-order valence-electron chi connectivity index (χ3n) is 5.06. The quantitative estimate of drug-likeness (QED) is 0.909. The van der Waals surface area contributed by atoms with Crippen LogP contribution in [0.4, 0.5) is 4.79 Å². The monoisotopic (exact) mass is 348 g/mol. The zero-order chi connectivity index (χ0) is 18.0. The molecule has 0 bridgehead atoms. The van der Waals surface area contributed by atoms with Gasteiger partial charge in [0.15, 0.2) is 11.5 Å². The van der Waals surface area contributed by atoms with Crippen LogP contribution in [0.25, 0.3) is 0 Å². The van der Waals surface area contributed by atoms with Gasteiger partial charge < -0.3 is 19.5 Å². The summed E-state index contributed by atoms with van der Waals surface area (Å²) in [6, 6.07) is 5.75. The van der Waals surface area contributed by atoms with Gasteiger partial charge in [-0.15, -0.1) is 0 Å². The molecular formula is C19H28N2O4. The van der Waals surface area contributed by atoms with Gasteiger partial charge in [0.05, 0.1) is 0 Å². The van der Waals surface area contributed by atoms with Crippen molar-refractivity contribution in [2.45, 2.75) is 51.7 Å². The number of piperidine rings is 1. The lowest BCUT2D eigenvalue weighted by Crippen LogP contribution is -2.51. The molecule has 6 nitrogen and oxygen atoms in total. The SMILES string of the molecule is CC(C)(C)N1CCC(N(Cc2ccc3c(c2)OCCO3)C(=O)O)CC1. The molecule has 1 fully saturated rings. The molecule has 2 heterocycles. The van der Waals surface area contributed by atoms with E-state index in [2.05, 4.69) is 25.7 Å². The van der Waals surface area contributed by atoms with E-state index in [1.807, 2.05) is 18.2 Å². The Kier molecular flexibility index (Phi) is 5.08. The van der Waals surface area contributed by atoms with E-state index in [4.69, 9.17) is 9.47 Å². The standard InChI is InChI=1S/C19H28N2O4/c1-19(2,3)20-8-6-15(7-9-20)21(18(22)23)13-14-4-5-16-17(12-14)25-11-10-24-16/h4-5,12,15H,6-11,13H2,1-3H3,(H,22,23). The highest BCUT2D eigenvalue weighted by Gasteiger charge is 2.31. The van der Waals surface area contributed by atoms with Crippen LogP contribution in [0, 0.1) is 0 Å². The van der Waals surface area contributed by atoms with Gasteiger partial charge in [0.25, 0.3) is 0 Å². The van der Waals surface area contributed by atoms with Crippen LogP contribution in [0.15, 0.2) is 18.2 Å². The molecule has 1 aromatic rings. The van der Waals surface area contributed by atoms with Crippen LogP contribution in [-0.4, -0.2) is 58.9 Å². The minimum Gasteiger partial charge on any atom is -0.486 e. The Labute approximate surface area is 149 Å². The van der Waals surface area contributed by atoms with Crippen LogP contribution < -0.4 is 9.47 Å². The minimum atomic E-state index is -0.857. The molecule has 6 heteroatoms. The predicted molar refractivity (Wildman–Crippen MR) is 95.3 cm³/mol. The average Bonchev–Trinajstić information content (AvgIpc) is 2.58. The van der Waals surface area contributed by atoms with Crippen molar-refractivity contribution < 1.29 is 19.4 Å². The van der Waals surface area contributed by atoms with Crippen molar-refractivity contribution in [3.63, 3.8) is 0 Å². The van der Waals surface area contributed by atoms with Crippen LogP contribution in [-0.2, 0) is 6.54 Å². The predicted octanol–water partition coefficient (Wildman–Crippen LogP) is 3.20. The maximum Gasteiger partial charge on any atom is 0.407 e. The van der Waals surface area contributed by atoms with Crippen molar-refractivity contribution >= 4 is 6.09 Å². The molecule has 2 aliphatic heterocycles. The first-order valence-corrected chi connectivity index (χ1v) is 8.98. The molecule has 138 valence electrons. The van der Waals surface area contributed by atoms with Crippen molar-refractivity contribution in [1.82, 2.24) is 9.80 Å². The van der Waals surface area contributed by atoms with Crippen molar-refractivity contribution in [2.75, 3.05) is 26.3 Å². The Morgan fingerprint density at radius 1 is 1.20 bits per heavy atom. The molecule has 2 aliphatic rings. The molecule has 1 N–H and O–H groups in total. The molecule has 0 radical (unpaired) electrons. The highest BCUT2D eigenvalue weighted by atomic mass is 16.6. The largest absolute Gasteiger partial charge is 0.486 e. The number of amides is 1. The summed E-state index contributed by atoms with van der Waals surface area (Å²) >= 11 is 0. The Hall–Kier alpha value is -1.95. The van der Waals surface area contributed by atoms with Crippen molar-refractivity contribution in [3.8, 4) is 11.5 Å². The van der Waals surface area contributed by atoms with Gasteiger partial charge in [0, 0.05) is 31.2 Å². The van der Waals surface area contributed by atoms with Crippen molar-refractivity contribution in [1.29, 1.82) is 0 Å². The van der Waals surface area contributed by atoms with Crippen LogP contribution in [0.2, 0.25) is 0 Å². The average molecular weight is 348 g/mol. The minimum absolute atomic E-state index is 0.0595. The fourth-order valence-electron chi connectivity index (χ4n) is 3.58. The van der Waals surface area contributed by atoms with Crippen LogP contribution in [0.1, 0.15) is 39.2 Å². The van der Waals surface area contributed by atoms with E-state index in [0.29, 0.717) is 25.5 Å². The molecule has 0 unspecified atom stereocenters. The molecule has 0 aliphatic carbocycles. The molecule has 0 spiro atoms. The number of carboxylic acid groups (broad SMARTS) is 1. The Bertz CT molecular complexity index is 618. The maximum absolute atomic E-state index is 11.8. The van der Waals surface area contributed by atoms with E-state index in [9.17, 15) is 9.90 Å². The summed E-state index contributed by atoms with van der Waals surface area (Å²) in [5, 5.41) is 9.71. The zero-order valence-corrected chi connectivity index (χ0v) is 15.3. The normalized spacial score (nSPS) is 18.8. The molecule has 0 atom stereocenters. The highest BCUT2D eigenvalue weighted by Crippen LogP contribution is 2.32. The molecule has 25 heavy (non-hydrogen) atoms. The Morgan fingerprint density at radius 2 is 1.84 bits per heavy atom. The number of nitrogens with zero attached hydrogens (tertiary/aromatic N) is 2. The number of hydrogen-bond acceptors (Lipinski definition) is 4. The first-order valence-electron chi connectivity index (χ1n) is 8.98. The number of benzene rings is 1. The number of ether oxygens (including phenoxy) is 2. The molecule has 3 rings (SSSR count). The van der Waals surface area contributed by atoms with Gasteiger partial charge >= 0.3 is 6.09 Å². The summed E-state index contributed by atoms with van der Waals surface area (Å²) in [6.45, 7) is 9.95. The van der Waals surface area contributed by atoms with E-state index in [1.165, 1.54) is 0 Å². The number of fused-ring (bicyclic) bond motifs is 1. The second-order valence-electron chi connectivity index (χ2n) is 7.78. The first-order chi connectivity index (χ1) is 11.8. The van der Waals surface area contributed by atoms with E-state index in [1.54, 1.807) is 4.90 Å². The van der Waals surface area contributed by atoms with Gasteiger partial charge in [-0.2, -0.15) is 0 Å². The van der Waals surface area contributed by atoms with E-state index < -0.39 is 6.09 Å². The third-order valence-corrected chi connectivity index (χ3v) is 5.06. The van der Waals surface area contributed by atoms with E-state index in [0.717, 1.165) is 37.2 Å². The summed E-state index contributed by atoms with van der Waals surface area (Å²) < 4.78 is 11.1. The second-order valence-corrected chi connectivity index (χ2v) is 7.78. The van der Waals surface area contributed by atoms with E-state index >= 15 is 0 Å². The first kappa shape index (κ1) is 17.9. The summed E-state index contributed by atoms with van der Waals surface area (Å²) in [4.78, 5) is 15.8. The van der Waals surface area contributed by atoms with Crippen LogP contribution in [0.5, 0.6) is 11.5 Å². The highest BCUT2D eigenvalue weighted by molar-refractivity contribution is 5.65. The topological polar surface area (TPSA) is 62.2 Å². The Morgan fingerprint density at radius 3 is 2.44 bits per heavy atom. The molecule has 1 aromatic carbocycles. The summed E-state index contributed by atoms with van der Waals surface area (Å²) in [5.74, 6) is 1.44. The third kappa shape index (κ3) is 4.18. The molecule has 0 aromatic heterocycles. The van der Waals surface area contributed by atoms with Gasteiger partial charge in [-0.3, -0.25) is 4.90 Å². The maximum atomic E-state index is 11.8. The fourth-order valence-corrected chi connectivity index (χ4v) is 3.58. The summed E-state index contributed by atoms with van der Waals surface area (Å²) in [5.41, 5.74) is 1.07. The number of rotatable bonds is 3. The lowest BCUT2D eigenvalue weighted by Gasteiger charge is -2.43. The van der Waals surface area contributed by atoms with Crippen LogP contribution >= 0.6 is 0 Å². The second kappa shape index (κ2) is 7.12. The number of hydrogen-bond donors (Lipinski definition) is 1.